The molecule has 0 spiro atoms. The van der Waals surface area contributed by atoms with Crippen LogP contribution >= 0.6 is 0 Å². The van der Waals surface area contributed by atoms with Crippen LogP contribution in [-0.4, -0.2) is 25.7 Å². The first-order valence-corrected chi connectivity index (χ1v) is 6.34. The van der Waals surface area contributed by atoms with E-state index in [2.05, 4.69) is 15.3 Å². The summed E-state index contributed by atoms with van der Waals surface area (Å²) in [6, 6.07) is 8.93. The van der Waals surface area contributed by atoms with Crippen molar-refractivity contribution in [3.63, 3.8) is 0 Å². The van der Waals surface area contributed by atoms with Gasteiger partial charge in [0.2, 0.25) is 5.95 Å². The Kier molecular flexibility index (Phi) is 3.15. The Labute approximate surface area is 120 Å². The predicted octanol–water partition coefficient (Wildman–Crippen LogP) is 1.56. The standard InChI is InChI=1S/C14H14N6O/c15-13(16)10-4-1-5-11-12(10)20(21)14(19-11)18-8-9-3-2-6-17-7-9/h1-7,21H,8H2,(H3,15,16)(H,18,19). The molecule has 3 rings (SSSR count). The van der Waals surface area contributed by atoms with Crippen LogP contribution in [0.25, 0.3) is 11.0 Å². The van der Waals surface area contributed by atoms with Gasteiger partial charge >= 0.3 is 0 Å². The van der Waals surface area contributed by atoms with Crippen molar-refractivity contribution in [1.82, 2.24) is 14.7 Å². The normalized spacial score (nSPS) is 10.7. The zero-order valence-corrected chi connectivity index (χ0v) is 11.1. The van der Waals surface area contributed by atoms with Gasteiger partial charge in [0.05, 0.1) is 5.52 Å². The molecule has 7 heteroatoms. The number of nitrogens with two attached hydrogens (primary N) is 1. The molecule has 3 aromatic rings. The molecule has 2 aromatic heterocycles. The van der Waals surface area contributed by atoms with Gasteiger partial charge in [-0.15, -0.1) is 4.73 Å². The van der Waals surface area contributed by atoms with Crippen LogP contribution in [0.2, 0.25) is 0 Å². The van der Waals surface area contributed by atoms with Gasteiger partial charge in [-0.2, -0.15) is 0 Å². The molecule has 1 aromatic carbocycles. The molecule has 7 nitrogen and oxygen atoms in total. The third-order valence-electron chi connectivity index (χ3n) is 3.12. The molecule has 0 saturated heterocycles. The van der Waals surface area contributed by atoms with Gasteiger partial charge in [0.15, 0.2) is 0 Å². The van der Waals surface area contributed by atoms with Crippen LogP contribution in [0, 0.1) is 5.41 Å². The summed E-state index contributed by atoms with van der Waals surface area (Å²) in [4.78, 5) is 8.32. The van der Waals surface area contributed by atoms with E-state index in [4.69, 9.17) is 11.1 Å². The number of fused-ring (bicyclic) bond motifs is 1. The molecular formula is C14H14N6O. The summed E-state index contributed by atoms with van der Waals surface area (Å²) in [5.41, 5.74) is 7.92. The number of benzene rings is 1. The van der Waals surface area contributed by atoms with Crippen LogP contribution in [0.1, 0.15) is 11.1 Å². The van der Waals surface area contributed by atoms with Gasteiger partial charge in [0, 0.05) is 24.5 Å². The number of para-hydroxylation sites is 1. The molecule has 0 aliphatic carbocycles. The van der Waals surface area contributed by atoms with E-state index in [9.17, 15) is 5.21 Å². The molecule has 0 bridgehead atoms. The Balaban J connectivity index is 1.95. The SMILES string of the molecule is N=C(N)c1cccc2nc(NCc3cccnc3)n(O)c12. The molecule has 0 aliphatic heterocycles. The average molecular weight is 282 g/mol. The number of amidine groups is 1. The molecule has 0 amide bonds. The Morgan fingerprint density at radius 1 is 1.33 bits per heavy atom. The second-order valence-corrected chi connectivity index (χ2v) is 4.55. The van der Waals surface area contributed by atoms with E-state index in [0.717, 1.165) is 10.3 Å². The smallest absolute Gasteiger partial charge is 0.238 e. The minimum Gasteiger partial charge on any atom is -0.425 e. The fourth-order valence-corrected chi connectivity index (χ4v) is 2.13. The van der Waals surface area contributed by atoms with Crippen LogP contribution in [0.3, 0.4) is 0 Å². The Bertz CT molecular complexity index is 796. The summed E-state index contributed by atoms with van der Waals surface area (Å²) in [5.74, 6) is 0.178. The molecule has 0 fully saturated rings. The van der Waals surface area contributed by atoms with Gasteiger partial charge in [-0.1, -0.05) is 12.1 Å². The van der Waals surface area contributed by atoms with Gasteiger partial charge in [0.25, 0.3) is 0 Å². The van der Waals surface area contributed by atoms with Gasteiger partial charge in [-0.05, 0) is 23.8 Å². The van der Waals surface area contributed by atoms with E-state index < -0.39 is 0 Å². The van der Waals surface area contributed by atoms with E-state index in [0.29, 0.717) is 29.1 Å². The topological polar surface area (TPSA) is 113 Å². The van der Waals surface area contributed by atoms with Crippen LogP contribution in [0.5, 0.6) is 0 Å². The lowest BCUT2D eigenvalue weighted by atomic mass is 10.2. The highest BCUT2D eigenvalue weighted by Crippen LogP contribution is 2.21. The molecule has 106 valence electrons. The summed E-state index contributed by atoms with van der Waals surface area (Å²) < 4.78 is 0.919. The monoisotopic (exact) mass is 282 g/mol. The summed E-state index contributed by atoms with van der Waals surface area (Å²) in [6.07, 6.45) is 3.43. The number of nitrogens with zero attached hydrogens (tertiary/aromatic N) is 3. The number of hydrogen-bond donors (Lipinski definition) is 4. The summed E-state index contributed by atoms with van der Waals surface area (Å²) in [6.45, 7) is 0.479. The van der Waals surface area contributed by atoms with E-state index in [1.165, 1.54) is 0 Å². The first-order valence-electron chi connectivity index (χ1n) is 6.34. The zero-order chi connectivity index (χ0) is 14.8. The molecule has 0 saturated carbocycles. The number of imidazole rings is 1. The highest BCUT2D eigenvalue weighted by atomic mass is 16.5. The minimum absolute atomic E-state index is 0.116. The van der Waals surface area contributed by atoms with E-state index in [1.807, 2.05) is 12.1 Å². The third kappa shape index (κ3) is 2.36. The lowest BCUT2D eigenvalue weighted by Gasteiger charge is -2.06. The molecular weight excluding hydrogens is 268 g/mol. The highest BCUT2D eigenvalue weighted by molar-refractivity contribution is 6.06. The number of pyridine rings is 1. The Morgan fingerprint density at radius 2 is 2.19 bits per heavy atom. The fourth-order valence-electron chi connectivity index (χ4n) is 2.13. The molecule has 5 N–H and O–H groups in total. The second kappa shape index (κ2) is 5.12. The lowest BCUT2D eigenvalue weighted by Crippen LogP contribution is -2.13. The number of rotatable bonds is 4. The number of nitrogens with one attached hydrogen (secondary N) is 2. The molecule has 0 unspecified atom stereocenters. The maximum atomic E-state index is 10.2. The van der Waals surface area contributed by atoms with Gasteiger partial charge < -0.3 is 16.3 Å². The van der Waals surface area contributed by atoms with Crippen molar-refractivity contribution in [1.29, 1.82) is 5.41 Å². The third-order valence-corrected chi connectivity index (χ3v) is 3.12. The highest BCUT2D eigenvalue weighted by Gasteiger charge is 2.14. The van der Waals surface area contributed by atoms with Crippen LogP contribution in [0.15, 0.2) is 42.7 Å². The maximum absolute atomic E-state index is 10.2. The molecule has 0 aliphatic rings. The molecule has 21 heavy (non-hydrogen) atoms. The Hall–Kier alpha value is -3.09. The number of anilines is 1. The summed E-state index contributed by atoms with van der Waals surface area (Å²) in [5, 5.41) is 20.8. The molecule has 0 radical (unpaired) electrons. The van der Waals surface area contributed by atoms with E-state index in [1.54, 1.807) is 30.6 Å². The predicted molar refractivity (Wildman–Crippen MR) is 79.5 cm³/mol. The average Bonchev–Trinajstić information content (AvgIpc) is 2.83. The van der Waals surface area contributed by atoms with Crippen molar-refractivity contribution in [2.24, 2.45) is 5.73 Å². The second-order valence-electron chi connectivity index (χ2n) is 4.55. The lowest BCUT2D eigenvalue weighted by molar-refractivity contribution is 0.203. The minimum atomic E-state index is -0.116. The van der Waals surface area contributed by atoms with Gasteiger partial charge in [-0.25, -0.2) is 4.98 Å². The van der Waals surface area contributed by atoms with Crippen LogP contribution in [0.4, 0.5) is 5.95 Å². The zero-order valence-electron chi connectivity index (χ0n) is 11.1. The quantitative estimate of drug-likeness (QED) is 0.329. The molecule has 2 heterocycles. The van der Waals surface area contributed by atoms with Crippen LogP contribution < -0.4 is 11.1 Å². The number of hydrogen-bond acceptors (Lipinski definition) is 5. The summed E-state index contributed by atoms with van der Waals surface area (Å²) in [7, 11) is 0. The maximum Gasteiger partial charge on any atom is 0.238 e. The van der Waals surface area contributed by atoms with Crippen molar-refractivity contribution < 1.29 is 5.21 Å². The molecule has 0 atom stereocenters. The van der Waals surface area contributed by atoms with Crippen molar-refractivity contribution in [2.45, 2.75) is 6.54 Å². The first kappa shape index (κ1) is 12.9. The summed E-state index contributed by atoms with van der Waals surface area (Å²) >= 11 is 0. The van der Waals surface area contributed by atoms with Crippen molar-refractivity contribution in [3.05, 3.63) is 53.9 Å². The largest absolute Gasteiger partial charge is 0.425 e. The van der Waals surface area contributed by atoms with Crippen LogP contribution in [-0.2, 0) is 6.54 Å². The number of nitrogen functional groups attached to an aromatic ring is 1. The van der Waals surface area contributed by atoms with E-state index >= 15 is 0 Å². The van der Waals surface area contributed by atoms with E-state index in [-0.39, 0.29) is 5.84 Å². The Morgan fingerprint density at radius 3 is 2.90 bits per heavy atom. The van der Waals surface area contributed by atoms with Gasteiger partial charge in [-0.3, -0.25) is 10.4 Å². The fraction of sp³-hybridized carbons (Fsp3) is 0.0714. The van der Waals surface area contributed by atoms with Gasteiger partial charge in [0.1, 0.15) is 11.4 Å². The number of aromatic nitrogens is 3. The van der Waals surface area contributed by atoms with Crippen molar-refractivity contribution >= 4 is 22.8 Å². The van der Waals surface area contributed by atoms with Crippen molar-refractivity contribution in [2.75, 3.05) is 5.32 Å². The van der Waals surface area contributed by atoms with Crippen molar-refractivity contribution in [3.8, 4) is 0 Å². The first-order chi connectivity index (χ1) is 10.2.